The lowest BCUT2D eigenvalue weighted by Crippen LogP contribution is -2.24. The predicted octanol–water partition coefficient (Wildman–Crippen LogP) is 3.53. The number of rotatable bonds is 9. The summed E-state index contributed by atoms with van der Waals surface area (Å²) in [6, 6.07) is 6.89. The topological polar surface area (TPSA) is 124 Å². The van der Waals surface area contributed by atoms with Crippen LogP contribution in [0, 0.1) is 0 Å². The molecule has 0 radical (unpaired) electrons. The van der Waals surface area contributed by atoms with E-state index in [0.29, 0.717) is 60.4 Å². The van der Waals surface area contributed by atoms with Gasteiger partial charge in [0.05, 0.1) is 10.2 Å². The molecule has 34 heavy (non-hydrogen) atoms. The molecule has 0 saturated carbocycles. The average Bonchev–Trinajstić information content (AvgIpc) is 3.55. The van der Waals surface area contributed by atoms with Gasteiger partial charge in [-0.15, -0.1) is 10.2 Å². The molecule has 10 nitrogen and oxygen atoms in total. The third-order valence-electron chi connectivity index (χ3n) is 5.85. The number of halogens is 1. The number of aryl methyl sites for hydroxylation is 3. The van der Waals surface area contributed by atoms with Crippen molar-refractivity contribution in [2.75, 3.05) is 0 Å². The summed E-state index contributed by atoms with van der Waals surface area (Å²) in [4.78, 5) is 22.3. The number of phenols is 1. The molecule has 1 aliphatic rings. The number of benzene rings is 1. The van der Waals surface area contributed by atoms with Gasteiger partial charge in [-0.05, 0) is 40.0 Å². The van der Waals surface area contributed by atoms with Crippen LogP contribution in [0.25, 0.3) is 5.78 Å². The molecule has 0 saturated heterocycles. The quantitative estimate of drug-likeness (QED) is 0.331. The van der Waals surface area contributed by atoms with E-state index in [1.165, 1.54) is 0 Å². The van der Waals surface area contributed by atoms with Gasteiger partial charge in [0.2, 0.25) is 11.7 Å². The number of phenolic OH excluding ortho intramolecular Hbond substituents is 1. The molecule has 5 rings (SSSR count). The molecule has 11 heteroatoms. The molecule has 4 heterocycles. The molecule has 0 atom stereocenters. The summed E-state index contributed by atoms with van der Waals surface area (Å²) in [5.41, 5.74) is 1.50. The summed E-state index contributed by atoms with van der Waals surface area (Å²) >= 11 is 3.45. The van der Waals surface area contributed by atoms with Crippen molar-refractivity contribution in [3.8, 4) is 5.75 Å². The van der Waals surface area contributed by atoms with Gasteiger partial charge < -0.3 is 9.63 Å². The van der Waals surface area contributed by atoms with Crippen molar-refractivity contribution in [2.45, 2.75) is 58.4 Å². The first-order valence-corrected chi connectivity index (χ1v) is 12.1. The van der Waals surface area contributed by atoms with E-state index < -0.39 is 0 Å². The second-order valence-electron chi connectivity index (χ2n) is 8.33. The van der Waals surface area contributed by atoms with Crippen LogP contribution < -0.4 is 5.56 Å². The van der Waals surface area contributed by atoms with Gasteiger partial charge in [0.15, 0.2) is 5.82 Å². The number of hydrogen-bond acceptors (Lipinski definition) is 8. The van der Waals surface area contributed by atoms with E-state index >= 15 is 0 Å². The molecule has 4 aromatic rings. The summed E-state index contributed by atoms with van der Waals surface area (Å²) in [5.74, 6) is 3.00. The smallest absolute Gasteiger partial charge is 0.266 e. The summed E-state index contributed by atoms with van der Waals surface area (Å²) in [6.07, 6.45) is 5.01. The summed E-state index contributed by atoms with van der Waals surface area (Å²) < 4.78 is 9.75. The molecular formula is C23H24BrN7O3. The van der Waals surface area contributed by atoms with Gasteiger partial charge in [0.1, 0.15) is 17.4 Å². The van der Waals surface area contributed by atoms with Crippen molar-refractivity contribution in [2.24, 2.45) is 4.99 Å². The molecule has 0 amide bonds. The van der Waals surface area contributed by atoms with E-state index in [1.807, 2.05) is 16.7 Å². The second-order valence-corrected chi connectivity index (χ2v) is 9.25. The number of aromatic nitrogens is 6. The molecule has 1 aromatic carbocycles. The highest BCUT2D eigenvalue weighted by molar-refractivity contribution is 9.18. The second kappa shape index (κ2) is 9.49. The predicted molar refractivity (Wildman–Crippen MR) is 129 cm³/mol. The van der Waals surface area contributed by atoms with E-state index in [2.05, 4.69) is 48.2 Å². The zero-order valence-electron chi connectivity index (χ0n) is 18.7. The third kappa shape index (κ3) is 4.39. The Labute approximate surface area is 203 Å². The molecule has 0 spiro atoms. The molecule has 0 unspecified atom stereocenters. The third-order valence-corrected chi connectivity index (χ3v) is 6.31. The first kappa shape index (κ1) is 22.5. The fourth-order valence-corrected chi connectivity index (χ4v) is 4.58. The van der Waals surface area contributed by atoms with Crippen LogP contribution in [0.3, 0.4) is 0 Å². The number of fused-ring (bicyclic) bond motifs is 2. The fourth-order valence-electron chi connectivity index (χ4n) is 4.13. The Morgan fingerprint density at radius 1 is 1.15 bits per heavy atom. The maximum Gasteiger partial charge on any atom is 0.266 e. The van der Waals surface area contributed by atoms with Crippen molar-refractivity contribution in [3.05, 3.63) is 63.3 Å². The molecule has 0 bridgehead atoms. The molecule has 3 aromatic heterocycles. The normalized spacial score (nSPS) is 12.9. The van der Waals surface area contributed by atoms with Crippen molar-refractivity contribution < 1.29 is 9.63 Å². The van der Waals surface area contributed by atoms with Gasteiger partial charge >= 0.3 is 0 Å². The van der Waals surface area contributed by atoms with E-state index in [0.717, 1.165) is 36.0 Å². The average molecular weight is 526 g/mol. The van der Waals surface area contributed by atoms with E-state index in [-0.39, 0.29) is 11.3 Å². The lowest BCUT2D eigenvalue weighted by molar-refractivity contribution is 0.373. The maximum absolute atomic E-state index is 13.3. The minimum atomic E-state index is -0.131. The Hall–Kier alpha value is -3.34. The molecule has 0 fully saturated rings. The van der Waals surface area contributed by atoms with Crippen LogP contribution in [0.15, 0.2) is 38.6 Å². The summed E-state index contributed by atoms with van der Waals surface area (Å²) in [6.45, 7) is 2.88. The molecule has 1 N–H and O–H groups in total. The Kier molecular flexibility index (Phi) is 6.27. The highest BCUT2D eigenvalue weighted by atomic mass is 79.9. The SMILES string of the molecule is CCCCCn1c2c(c(=O)n3c(CCc4nc(Cc5ccc(O)cc5)no4)nnc13)CC(Br)=N2. The van der Waals surface area contributed by atoms with Gasteiger partial charge in [-0.3, -0.25) is 9.36 Å². The molecular weight excluding hydrogens is 502 g/mol. The van der Waals surface area contributed by atoms with Gasteiger partial charge in [-0.2, -0.15) is 4.98 Å². The van der Waals surface area contributed by atoms with Crippen molar-refractivity contribution >= 4 is 32.1 Å². The highest BCUT2D eigenvalue weighted by Crippen LogP contribution is 2.28. The molecule has 0 aliphatic carbocycles. The monoisotopic (exact) mass is 525 g/mol. The molecule has 176 valence electrons. The minimum absolute atomic E-state index is 0.131. The van der Waals surface area contributed by atoms with Crippen molar-refractivity contribution in [1.82, 2.24) is 29.3 Å². The zero-order chi connectivity index (χ0) is 23.7. The van der Waals surface area contributed by atoms with Crippen LogP contribution in [-0.2, 0) is 32.2 Å². The fraction of sp³-hybridized carbons (Fsp3) is 0.391. The Bertz CT molecular complexity index is 1420. The lowest BCUT2D eigenvalue weighted by Gasteiger charge is -2.12. The van der Waals surface area contributed by atoms with Gasteiger partial charge in [-0.25, -0.2) is 9.39 Å². The number of aliphatic imine (C=N–C) groups is 1. The van der Waals surface area contributed by atoms with E-state index in [9.17, 15) is 9.90 Å². The maximum atomic E-state index is 13.3. The minimum Gasteiger partial charge on any atom is -0.508 e. The number of nitrogens with zero attached hydrogens (tertiary/aromatic N) is 7. The summed E-state index contributed by atoms with van der Waals surface area (Å²) in [5, 5.41) is 22.1. The van der Waals surface area contributed by atoms with Crippen LogP contribution in [-0.4, -0.2) is 39.0 Å². The largest absolute Gasteiger partial charge is 0.508 e. The Balaban J connectivity index is 1.38. The van der Waals surface area contributed by atoms with Crippen molar-refractivity contribution in [1.29, 1.82) is 0 Å². The summed E-state index contributed by atoms with van der Waals surface area (Å²) in [7, 11) is 0. The lowest BCUT2D eigenvalue weighted by atomic mass is 10.1. The standard InChI is InChI=1S/C23H24BrN7O3/c1-2-3-4-11-30-21-16(13-17(24)25-21)22(33)31-19(27-28-23(30)31)9-10-20-26-18(29-34-20)12-14-5-7-15(32)8-6-14/h5-8,32H,2-4,9-13H2,1H3. The van der Waals surface area contributed by atoms with Gasteiger partial charge in [0, 0.05) is 32.2 Å². The first-order chi connectivity index (χ1) is 16.5. The molecule has 1 aliphatic heterocycles. The zero-order valence-corrected chi connectivity index (χ0v) is 20.3. The van der Waals surface area contributed by atoms with Crippen LogP contribution >= 0.6 is 15.9 Å². The Morgan fingerprint density at radius 3 is 2.76 bits per heavy atom. The van der Waals surface area contributed by atoms with E-state index in [1.54, 1.807) is 16.5 Å². The number of unbranched alkanes of at least 4 members (excludes halogenated alkanes) is 2. The van der Waals surface area contributed by atoms with Crippen LogP contribution in [0.1, 0.15) is 54.9 Å². The number of aromatic hydroxyl groups is 1. The van der Waals surface area contributed by atoms with Crippen molar-refractivity contribution in [3.63, 3.8) is 0 Å². The Morgan fingerprint density at radius 2 is 1.97 bits per heavy atom. The van der Waals surface area contributed by atoms with Crippen LogP contribution in [0.5, 0.6) is 5.75 Å². The van der Waals surface area contributed by atoms with Gasteiger partial charge in [0.25, 0.3) is 5.56 Å². The number of hydrogen-bond donors (Lipinski definition) is 1. The van der Waals surface area contributed by atoms with E-state index in [4.69, 9.17) is 4.52 Å². The highest BCUT2D eigenvalue weighted by Gasteiger charge is 2.25. The van der Waals surface area contributed by atoms with Crippen LogP contribution in [0.4, 0.5) is 5.82 Å². The first-order valence-electron chi connectivity index (χ1n) is 11.4. The van der Waals surface area contributed by atoms with Crippen LogP contribution in [0.2, 0.25) is 0 Å². The van der Waals surface area contributed by atoms with Gasteiger partial charge in [-0.1, -0.05) is 37.1 Å².